The molecule has 0 fully saturated rings. The van der Waals surface area contributed by atoms with Crippen molar-refractivity contribution >= 4 is 39.1 Å². The first-order valence-corrected chi connectivity index (χ1v) is 17.5. The topological polar surface area (TPSA) is 117 Å². The molecule has 8 heteroatoms. The molecule has 2 N–H and O–H groups in total. The van der Waals surface area contributed by atoms with Gasteiger partial charge in [-0.05, 0) is 79.1 Å². The average molecular weight is 655 g/mol. The summed E-state index contributed by atoms with van der Waals surface area (Å²) in [5.74, 6) is 2.32. The van der Waals surface area contributed by atoms with Crippen LogP contribution >= 0.6 is 0 Å². The number of hydrogen-bond acceptors (Lipinski definition) is 7. The van der Waals surface area contributed by atoms with Crippen LogP contribution in [0.15, 0.2) is 72.8 Å². The summed E-state index contributed by atoms with van der Waals surface area (Å²) in [7, 11) is 0. The lowest BCUT2D eigenvalue weighted by Gasteiger charge is -2.05. The lowest BCUT2D eigenvalue weighted by molar-refractivity contribution is 1.14. The predicted molar refractivity (Wildman–Crippen MR) is 203 cm³/mol. The molecule has 0 unspecified atom stereocenters. The van der Waals surface area contributed by atoms with Crippen LogP contribution in [0.4, 0.5) is 0 Å². The lowest BCUT2D eigenvalue weighted by atomic mass is 10.0. The number of nitrogens with one attached hydrogen (secondary N) is 2. The van der Waals surface area contributed by atoms with Crippen LogP contribution in [0, 0.1) is 12.3 Å². The summed E-state index contributed by atoms with van der Waals surface area (Å²) in [4.78, 5) is 34.3. The highest BCUT2D eigenvalue weighted by Gasteiger charge is 2.22. The minimum absolute atomic E-state index is 0.496. The summed E-state index contributed by atoms with van der Waals surface area (Å²) in [5, 5.41) is 12.2. The Morgan fingerprint density at radius 3 is 1.50 bits per heavy atom. The van der Waals surface area contributed by atoms with Crippen molar-refractivity contribution in [3.05, 3.63) is 106 Å². The Kier molecular flexibility index (Phi) is 7.86. The van der Waals surface area contributed by atoms with Crippen LogP contribution in [0.1, 0.15) is 61.3 Å². The molecule has 0 aliphatic carbocycles. The molecule has 2 aliphatic heterocycles. The van der Waals surface area contributed by atoms with Gasteiger partial charge in [-0.3, -0.25) is 0 Å². The van der Waals surface area contributed by atoms with Gasteiger partial charge in [-0.15, -0.1) is 0 Å². The maximum absolute atomic E-state index is 8.54. The van der Waals surface area contributed by atoms with Crippen molar-refractivity contribution < 1.29 is 0 Å². The number of benzene rings is 4. The van der Waals surface area contributed by atoms with Gasteiger partial charge in [0.1, 0.15) is 11.3 Å². The van der Waals surface area contributed by atoms with Crippen LogP contribution in [0.2, 0.25) is 0 Å². The van der Waals surface area contributed by atoms with Gasteiger partial charge >= 0.3 is 0 Å². The minimum atomic E-state index is 0.496. The van der Waals surface area contributed by atoms with Crippen molar-refractivity contribution in [3.63, 3.8) is 0 Å². The second-order valence-corrected chi connectivity index (χ2v) is 12.8. The maximum atomic E-state index is 8.54. The molecule has 6 bridgehead atoms. The molecule has 0 spiro atoms. The van der Waals surface area contributed by atoms with E-state index in [9.17, 15) is 0 Å². The van der Waals surface area contributed by atoms with Crippen LogP contribution < -0.4 is 0 Å². The summed E-state index contributed by atoms with van der Waals surface area (Å²) in [6.07, 6.45) is 4.85. The number of fused-ring (bicyclic) bond motifs is 16. The molecule has 0 amide bonds. The van der Waals surface area contributed by atoms with Gasteiger partial charge in [0.15, 0.2) is 23.3 Å². The Morgan fingerprint density at radius 1 is 0.480 bits per heavy atom. The van der Waals surface area contributed by atoms with Crippen LogP contribution in [-0.4, -0.2) is 41.1 Å². The molecular formula is C42H38N8. The van der Waals surface area contributed by atoms with E-state index in [1.165, 1.54) is 28.5 Å². The summed E-state index contributed by atoms with van der Waals surface area (Å²) in [6.45, 7) is 10.6. The molecule has 4 aromatic carbocycles. The van der Waals surface area contributed by atoms with Gasteiger partial charge in [-0.2, -0.15) is 0 Å². The van der Waals surface area contributed by atoms with Gasteiger partial charge in [0.25, 0.3) is 0 Å². The van der Waals surface area contributed by atoms with Crippen molar-refractivity contribution in [2.24, 2.45) is 0 Å². The summed E-state index contributed by atoms with van der Waals surface area (Å²) >= 11 is 0. The smallest absolute Gasteiger partial charge is 0.164 e. The zero-order valence-electron chi connectivity index (χ0n) is 29.0. The molecule has 0 radical (unpaired) electrons. The molecule has 6 aromatic rings. The minimum Gasteiger partial charge on any atom is -0.324 e. The number of nitrogens with zero attached hydrogens (tertiary/aromatic N) is 6. The second kappa shape index (κ2) is 12.5. The van der Waals surface area contributed by atoms with Gasteiger partial charge in [-0.25, -0.2) is 29.9 Å². The number of aromatic nitrogens is 7. The Hall–Kier alpha value is -5.89. The van der Waals surface area contributed by atoms with E-state index in [1.54, 1.807) is 0 Å². The van der Waals surface area contributed by atoms with Crippen molar-refractivity contribution in [1.29, 1.82) is 5.41 Å². The summed E-state index contributed by atoms with van der Waals surface area (Å²) in [5.41, 5.74) is 11.1. The van der Waals surface area contributed by atoms with E-state index >= 15 is 0 Å². The van der Waals surface area contributed by atoms with Crippen molar-refractivity contribution in [2.45, 2.75) is 60.3 Å². The fraction of sp³-hybridized carbons (Fsp3) is 0.214. The first-order valence-electron chi connectivity index (χ1n) is 17.5. The van der Waals surface area contributed by atoms with Crippen LogP contribution in [-0.2, 0) is 25.7 Å². The largest absolute Gasteiger partial charge is 0.324 e. The molecule has 0 atom stereocenters. The van der Waals surface area contributed by atoms with Gasteiger partial charge in [-0.1, -0.05) is 76.2 Å². The number of H-pyrrole nitrogens is 1. The van der Waals surface area contributed by atoms with E-state index in [2.05, 4.69) is 99.4 Å². The maximum Gasteiger partial charge on any atom is 0.164 e. The van der Waals surface area contributed by atoms with E-state index in [4.69, 9.17) is 35.3 Å². The SMILES string of the molecule is CCc1ccc2c(c1)-c1nc-2nc(C)c2cc(CC)ccc2c(C=N)nc2nc(nc3[nH]c(n1)c1cc(CC)ccc31)-c1cc(CC)ccc1-2. The third-order valence-electron chi connectivity index (χ3n) is 9.84. The predicted octanol–water partition coefficient (Wildman–Crippen LogP) is 9.51. The molecule has 0 saturated carbocycles. The van der Waals surface area contributed by atoms with E-state index in [1.807, 2.05) is 13.0 Å². The first kappa shape index (κ1) is 31.4. The van der Waals surface area contributed by atoms with Crippen LogP contribution in [0.3, 0.4) is 0 Å². The zero-order valence-corrected chi connectivity index (χ0v) is 29.0. The Bertz CT molecular complexity index is 2580. The second-order valence-electron chi connectivity index (χ2n) is 12.8. The van der Waals surface area contributed by atoms with Gasteiger partial charge < -0.3 is 10.4 Å². The van der Waals surface area contributed by atoms with E-state index in [-0.39, 0.29) is 0 Å². The highest BCUT2D eigenvalue weighted by atomic mass is 15.0. The first-order chi connectivity index (χ1) is 24.4. The highest BCUT2D eigenvalue weighted by molar-refractivity contribution is 6.05. The fourth-order valence-electron chi connectivity index (χ4n) is 6.85. The quantitative estimate of drug-likeness (QED) is 0.179. The number of rotatable bonds is 5. The third kappa shape index (κ3) is 5.28. The Labute approximate surface area is 291 Å². The van der Waals surface area contributed by atoms with Gasteiger partial charge in [0.05, 0.1) is 5.69 Å². The van der Waals surface area contributed by atoms with Crippen LogP contribution in [0.25, 0.3) is 78.4 Å². The normalized spacial score (nSPS) is 11.7. The molecule has 0 saturated heterocycles. The standard InChI is InChI=1S/C42H38N8/c1-6-24-10-14-28-32(18-24)23(5)44-37-29-15-11-25(7-2)19-33(29)40(46-37)50-42-35-21-27(9-4)13-17-31(35)39(49-42)48-41-34-20-26(8-3)12-16-30(34)38(47-41)45-36(28)22-43/h10-22,43H,6-9H2,1-5H3,(H,44,45,46,47,48,49,50). The number of hydrogen-bond donors (Lipinski definition) is 2. The Morgan fingerprint density at radius 2 is 0.940 bits per heavy atom. The molecule has 246 valence electrons. The third-order valence-corrected chi connectivity index (χ3v) is 9.84. The van der Waals surface area contributed by atoms with E-state index < -0.39 is 0 Å². The van der Waals surface area contributed by atoms with Crippen molar-refractivity contribution in [3.8, 4) is 45.6 Å². The van der Waals surface area contributed by atoms with Crippen molar-refractivity contribution in [1.82, 2.24) is 34.9 Å². The Balaban J connectivity index is 1.59. The summed E-state index contributed by atoms with van der Waals surface area (Å²) in [6, 6.07) is 25.5. The average Bonchev–Trinajstić information content (AvgIpc) is 3.79. The van der Waals surface area contributed by atoms with Gasteiger partial charge in [0, 0.05) is 55.7 Å². The molecule has 2 aromatic heterocycles. The number of aromatic amines is 1. The molecular weight excluding hydrogens is 617 g/mol. The van der Waals surface area contributed by atoms with E-state index in [0.29, 0.717) is 40.3 Å². The van der Waals surface area contributed by atoms with Gasteiger partial charge in [0.2, 0.25) is 0 Å². The molecule has 8 nitrogen and oxygen atoms in total. The lowest BCUT2D eigenvalue weighted by Crippen LogP contribution is -1.93. The molecule has 4 heterocycles. The fourth-order valence-corrected chi connectivity index (χ4v) is 6.85. The molecule has 50 heavy (non-hydrogen) atoms. The van der Waals surface area contributed by atoms with Crippen LogP contribution in [0.5, 0.6) is 0 Å². The van der Waals surface area contributed by atoms with Crippen molar-refractivity contribution in [2.75, 3.05) is 0 Å². The summed E-state index contributed by atoms with van der Waals surface area (Å²) < 4.78 is 0. The monoisotopic (exact) mass is 654 g/mol. The highest BCUT2D eigenvalue weighted by Crippen LogP contribution is 2.37. The van der Waals surface area contributed by atoms with E-state index in [0.717, 1.165) is 75.2 Å². The zero-order chi connectivity index (χ0) is 34.5. The molecule has 2 aliphatic rings. The number of aryl methyl sites for hydroxylation is 5. The molecule has 8 rings (SSSR count).